The molecule has 2 saturated heterocycles. The van der Waals surface area contributed by atoms with Gasteiger partial charge in [0.2, 0.25) is 11.8 Å². The van der Waals surface area contributed by atoms with Crippen molar-refractivity contribution >= 4 is 29.9 Å². The van der Waals surface area contributed by atoms with Gasteiger partial charge in [-0.1, -0.05) is 0 Å². The van der Waals surface area contributed by atoms with Crippen LogP contribution >= 0.6 is 12.4 Å². The van der Waals surface area contributed by atoms with Crippen LogP contribution in [0.3, 0.4) is 0 Å². The van der Waals surface area contributed by atoms with Crippen LogP contribution in [0.2, 0.25) is 0 Å². The highest BCUT2D eigenvalue weighted by Crippen LogP contribution is 2.32. The van der Waals surface area contributed by atoms with Gasteiger partial charge in [0.05, 0.1) is 19.9 Å². The van der Waals surface area contributed by atoms with Gasteiger partial charge in [-0.15, -0.1) is 12.4 Å². The number of methoxy groups -OCH3 is 2. The van der Waals surface area contributed by atoms with Crippen LogP contribution in [0.1, 0.15) is 32.1 Å². The van der Waals surface area contributed by atoms with Crippen molar-refractivity contribution in [1.82, 2.24) is 10.2 Å². The fourth-order valence-corrected chi connectivity index (χ4v) is 4.08. The van der Waals surface area contributed by atoms with Crippen LogP contribution in [0, 0.1) is 5.92 Å². The summed E-state index contributed by atoms with van der Waals surface area (Å²) in [5.41, 5.74) is 0.735. The summed E-state index contributed by atoms with van der Waals surface area (Å²) in [7, 11) is 4.92. The lowest BCUT2D eigenvalue weighted by Gasteiger charge is -2.26. The molecule has 2 aliphatic rings. The lowest BCUT2D eigenvalue weighted by molar-refractivity contribution is -0.137. The predicted octanol–water partition coefficient (Wildman–Crippen LogP) is 2.47. The number of benzene rings is 1. The van der Waals surface area contributed by atoms with Gasteiger partial charge in [0.15, 0.2) is 0 Å². The highest BCUT2D eigenvalue weighted by Gasteiger charge is 2.37. The third-order valence-electron chi connectivity index (χ3n) is 5.91. The number of amides is 2. The topological polar surface area (TPSA) is 71.1 Å². The van der Waals surface area contributed by atoms with Crippen LogP contribution < -0.4 is 19.7 Å². The van der Waals surface area contributed by atoms with Crippen molar-refractivity contribution in [2.24, 2.45) is 5.92 Å². The zero-order valence-electron chi connectivity index (χ0n) is 17.5. The van der Waals surface area contributed by atoms with Crippen molar-refractivity contribution in [2.45, 2.75) is 38.1 Å². The molecule has 8 heteroatoms. The minimum Gasteiger partial charge on any atom is -0.497 e. The Morgan fingerprint density at radius 1 is 1.14 bits per heavy atom. The van der Waals surface area contributed by atoms with E-state index in [4.69, 9.17) is 9.47 Å². The van der Waals surface area contributed by atoms with Crippen LogP contribution in [-0.2, 0) is 9.59 Å². The number of rotatable bonds is 7. The Balaban J connectivity index is 0.00000300. The summed E-state index contributed by atoms with van der Waals surface area (Å²) in [4.78, 5) is 29.0. The molecule has 2 fully saturated rings. The first-order valence-electron chi connectivity index (χ1n) is 10.0. The molecule has 3 rings (SSSR count). The lowest BCUT2D eigenvalue weighted by atomic mass is 9.93. The Labute approximate surface area is 179 Å². The Morgan fingerprint density at radius 2 is 1.76 bits per heavy atom. The average Bonchev–Trinajstić information content (AvgIpc) is 3.12. The smallest absolute Gasteiger partial charge is 0.249 e. The molecule has 2 amide bonds. The first-order valence-corrected chi connectivity index (χ1v) is 10.0. The fourth-order valence-electron chi connectivity index (χ4n) is 4.08. The predicted molar refractivity (Wildman–Crippen MR) is 115 cm³/mol. The number of carbonyl (C=O) groups is 2. The van der Waals surface area contributed by atoms with Crippen molar-refractivity contribution in [3.63, 3.8) is 0 Å². The van der Waals surface area contributed by atoms with E-state index in [2.05, 4.69) is 5.32 Å². The molecule has 0 spiro atoms. The molecule has 1 atom stereocenters. The Morgan fingerprint density at radius 3 is 2.34 bits per heavy atom. The number of nitrogens with one attached hydrogen (secondary N) is 1. The summed E-state index contributed by atoms with van der Waals surface area (Å²) in [5.74, 6) is 1.89. The second kappa shape index (κ2) is 10.7. The molecule has 0 radical (unpaired) electrons. The SMILES string of the molecule is COc1cc(OC)cc(N2CCC(N(C)C(=O)CCC3CCNCC3)C2=O)c1.Cl. The van der Waals surface area contributed by atoms with E-state index in [1.54, 1.807) is 37.1 Å². The maximum Gasteiger partial charge on any atom is 0.249 e. The minimum absolute atomic E-state index is 0. The number of nitrogens with zero attached hydrogens (tertiary/aromatic N) is 2. The average molecular weight is 426 g/mol. The summed E-state index contributed by atoms with van der Waals surface area (Å²) in [5, 5.41) is 3.35. The molecule has 7 nitrogen and oxygen atoms in total. The van der Waals surface area contributed by atoms with E-state index in [1.165, 1.54) is 0 Å². The Kier molecular flexibility index (Phi) is 8.59. The summed E-state index contributed by atoms with van der Waals surface area (Å²) in [6.07, 6.45) is 4.31. The number of anilines is 1. The summed E-state index contributed by atoms with van der Waals surface area (Å²) in [6, 6.07) is 5.01. The molecule has 0 aliphatic carbocycles. The van der Waals surface area contributed by atoms with Gasteiger partial charge in [0.25, 0.3) is 0 Å². The molecule has 162 valence electrons. The van der Waals surface area contributed by atoms with Gasteiger partial charge >= 0.3 is 0 Å². The third kappa shape index (κ3) is 5.54. The number of likely N-dealkylation sites (N-methyl/N-ethyl adjacent to an activating group) is 1. The number of ether oxygens (including phenoxy) is 2. The molecule has 2 heterocycles. The number of hydrogen-bond acceptors (Lipinski definition) is 5. The second-order valence-electron chi connectivity index (χ2n) is 7.60. The monoisotopic (exact) mass is 425 g/mol. The number of halogens is 1. The molecule has 1 N–H and O–H groups in total. The van der Waals surface area contributed by atoms with Gasteiger partial charge in [-0.05, 0) is 44.7 Å². The molecule has 2 aliphatic heterocycles. The molecule has 0 aromatic heterocycles. The van der Waals surface area contributed by atoms with E-state index in [1.807, 2.05) is 12.1 Å². The summed E-state index contributed by atoms with van der Waals surface area (Å²) in [6.45, 7) is 2.65. The maximum atomic E-state index is 13.0. The first kappa shape index (κ1) is 23.3. The van der Waals surface area contributed by atoms with Crippen LogP contribution in [0.15, 0.2) is 18.2 Å². The number of carbonyl (C=O) groups excluding carboxylic acids is 2. The highest BCUT2D eigenvalue weighted by atomic mass is 35.5. The van der Waals surface area contributed by atoms with E-state index in [0.717, 1.165) is 38.0 Å². The van der Waals surface area contributed by atoms with E-state index >= 15 is 0 Å². The van der Waals surface area contributed by atoms with E-state index < -0.39 is 6.04 Å². The maximum absolute atomic E-state index is 13.0. The van der Waals surface area contributed by atoms with E-state index in [0.29, 0.717) is 36.8 Å². The number of hydrogen-bond donors (Lipinski definition) is 1. The molecule has 1 aromatic carbocycles. The quantitative estimate of drug-likeness (QED) is 0.726. The summed E-state index contributed by atoms with van der Waals surface area (Å²) >= 11 is 0. The molecular formula is C21H32ClN3O4. The van der Waals surface area contributed by atoms with Crippen LogP contribution in [0.25, 0.3) is 0 Å². The van der Waals surface area contributed by atoms with Gasteiger partial charge in [-0.2, -0.15) is 0 Å². The highest BCUT2D eigenvalue weighted by molar-refractivity contribution is 6.01. The first-order chi connectivity index (χ1) is 13.5. The van der Waals surface area contributed by atoms with Crippen molar-refractivity contribution in [2.75, 3.05) is 45.8 Å². The Bertz CT molecular complexity index is 687. The van der Waals surface area contributed by atoms with Crippen molar-refractivity contribution in [1.29, 1.82) is 0 Å². The fraction of sp³-hybridized carbons (Fsp3) is 0.619. The number of piperidine rings is 1. The largest absolute Gasteiger partial charge is 0.497 e. The van der Waals surface area contributed by atoms with Crippen LogP contribution in [-0.4, -0.2) is 63.7 Å². The van der Waals surface area contributed by atoms with E-state index in [9.17, 15) is 9.59 Å². The van der Waals surface area contributed by atoms with Gasteiger partial charge in [-0.3, -0.25) is 9.59 Å². The molecule has 0 saturated carbocycles. The molecule has 1 unspecified atom stereocenters. The molecule has 1 aromatic rings. The second-order valence-corrected chi connectivity index (χ2v) is 7.60. The molecule has 29 heavy (non-hydrogen) atoms. The minimum atomic E-state index is -0.405. The third-order valence-corrected chi connectivity index (χ3v) is 5.91. The standard InChI is InChI=1S/C21H31N3O4.ClH/c1-23(20(25)5-4-15-6-9-22-10-7-15)19-8-11-24(21(19)26)16-12-17(27-2)14-18(13-16)28-3;/h12-15,19,22H,4-11H2,1-3H3;1H. The summed E-state index contributed by atoms with van der Waals surface area (Å²) < 4.78 is 10.6. The van der Waals surface area contributed by atoms with Gasteiger partial charge in [-0.25, -0.2) is 0 Å². The van der Waals surface area contributed by atoms with E-state index in [-0.39, 0.29) is 24.2 Å². The molecular weight excluding hydrogens is 394 g/mol. The van der Waals surface area contributed by atoms with Gasteiger partial charge in [0.1, 0.15) is 17.5 Å². The van der Waals surface area contributed by atoms with Gasteiger partial charge in [0, 0.05) is 38.2 Å². The van der Waals surface area contributed by atoms with Crippen molar-refractivity contribution in [3.8, 4) is 11.5 Å². The van der Waals surface area contributed by atoms with Crippen molar-refractivity contribution in [3.05, 3.63) is 18.2 Å². The lowest BCUT2D eigenvalue weighted by Crippen LogP contribution is -2.43. The van der Waals surface area contributed by atoms with Gasteiger partial charge < -0.3 is 24.6 Å². The normalized spacial score (nSPS) is 19.6. The zero-order chi connectivity index (χ0) is 20.1. The molecule has 0 bridgehead atoms. The van der Waals surface area contributed by atoms with Crippen LogP contribution in [0.4, 0.5) is 5.69 Å². The Hall–Kier alpha value is -1.99. The zero-order valence-corrected chi connectivity index (χ0v) is 18.3. The van der Waals surface area contributed by atoms with Crippen LogP contribution in [0.5, 0.6) is 11.5 Å². The van der Waals surface area contributed by atoms with Crippen molar-refractivity contribution < 1.29 is 19.1 Å².